The Labute approximate surface area is 226 Å². The lowest BCUT2D eigenvalue weighted by molar-refractivity contribution is -0.147. The summed E-state index contributed by atoms with van der Waals surface area (Å²) in [6, 6.07) is 11.7. The minimum atomic E-state index is -3.66. The van der Waals surface area contributed by atoms with Crippen molar-refractivity contribution in [3.05, 3.63) is 53.3 Å². The third-order valence-corrected chi connectivity index (χ3v) is 8.43. The Morgan fingerprint density at radius 1 is 1.16 bits per heavy atom. The minimum absolute atomic E-state index is 0.0216. The van der Waals surface area contributed by atoms with Crippen LogP contribution in [0.15, 0.2) is 47.4 Å². The van der Waals surface area contributed by atoms with Crippen LogP contribution in [-0.2, 0) is 42.1 Å². The van der Waals surface area contributed by atoms with Gasteiger partial charge in [-0.2, -0.15) is 4.31 Å². The summed E-state index contributed by atoms with van der Waals surface area (Å²) < 4.78 is 40.1. The van der Waals surface area contributed by atoms with Gasteiger partial charge < -0.3 is 19.4 Å². The van der Waals surface area contributed by atoms with Gasteiger partial charge in [0, 0.05) is 26.1 Å². The van der Waals surface area contributed by atoms with E-state index in [9.17, 15) is 18.0 Å². The van der Waals surface area contributed by atoms with E-state index in [2.05, 4.69) is 17.2 Å². The molecule has 1 saturated heterocycles. The van der Waals surface area contributed by atoms with Crippen molar-refractivity contribution in [2.24, 2.45) is 0 Å². The Bertz CT molecular complexity index is 1400. The van der Waals surface area contributed by atoms with Crippen molar-refractivity contribution in [2.45, 2.75) is 44.0 Å². The molecule has 2 aromatic carbocycles. The number of carbonyl (C=O) groups excluding carboxylic acids is 2. The van der Waals surface area contributed by atoms with E-state index < -0.39 is 28.5 Å². The first-order valence-electron chi connectivity index (χ1n) is 12.6. The second-order valence-corrected chi connectivity index (χ2v) is 11.2. The summed E-state index contributed by atoms with van der Waals surface area (Å²) in [4.78, 5) is 29.4. The first-order valence-corrected chi connectivity index (χ1v) is 14.4. The van der Waals surface area contributed by atoms with Crippen molar-refractivity contribution in [2.75, 3.05) is 38.2 Å². The number of anilines is 1. The van der Waals surface area contributed by atoms with Gasteiger partial charge in [-0.3, -0.25) is 9.59 Å². The van der Waals surface area contributed by atoms with Crippen LogP contribution >= 0.6 is 11.6 Å². The van der Waals surface area contributed by atoms with Gasteiger partial charge in [-0.15, -0.1) is 0 Å². The van der Waals surface area contributed by atoms with Gasteiger partial charge in [-0.1, -0.05) is 37.1 Å². The summed E-state index contributed by atoms with van der Waals surface area (Å²) in [6.45, 7) is 3.71. The zero-order valence-corrected chi connectivity index (χ0v) is 22.8. The number of amides is 1. The molecule has 1 amide bonds. The van der Waals surface area contributed by atoms with Gasteiger partial charge in [-0.05, 0) is 36.8 Å². The fourth-order valence-corrected chi connectivity index (χ4v) is 5.80. The van der Waals surface area contributed by atoms with Gasteiger partial charge in [0.1, 0.15) is 5.82 Å². The summed E-state index contributed by atoms with van der Waals surface area (Å²) in [5, 5.41) is 2.99. The molecule has 0 atom stereocenters. The molecule has 38 heavy (non-hydrogen) atoms. The Morgan fingerprint density at radius 3 is 2.66 bits per heavy atom. The van der Waals surface area contributed by atoms with Crippen molar-refractivity contribution in [1.82, 2.24) is 13.9 Å². The van der Waals surface area contributed by atoms with Crippen LogP contribution in [-0.4, -0.2) is 67.1 Å². The van der Waals surface area contributed by atoms with E-state index in [1.165, 1.54) is 4.31 Å². The summed E-state index contributed by atoms with van der Waals surface area (Å²) in [5.74, 6) is -0.369. The number of benzene rings is 2. The lowest BCUT2D eigenvalue weighted by Gasteiger charge is -2.26. The SMILES string of the molecule is CCCCn1c(CCC(=O)OCC(=O)Nc2ccccc2Cl)nc2cc(S(=O)(=O)N3CCOCC3)ccc21. The third-order valence-electron chi connectivity index (χ3n) is 6.21. The van der Waals surface area contributed by atoms with Crippen molar-refractivity contribution in [3.8, 4) is 0 Å². The maximum atomic E-state index is 13.1. The van der Waals surface area contributed by atoms with Crippen molar-refractivity contribution < 1.29 is 27.5 Å². The highest BCUT2D eigenvalue weighted by Crippen LogP contribution is 2.25. The molecular formula is C26H31ClN4O6S. The monoisotopic (exact) mass is 562 g/mol. The molecule has 0 aliphatic carbocycles. The number of rotatable bonds is 11. The number of hydrogen-bond acceptors (Lipinski definition) is 7. The Kier molecular flexibility index (Phi) is 9.37. The van der Waals surface area contributed by atoms with Gasteiger partial charge >= 0.3 is 5.97 Å². The standard InChI is InChI=1S/C26H31ClN4O6S/c1-2-3-12-31-23-9-8-19(38(34,35)30-13-15-36-16-14-30)17-22(23)28-24(31)10-11-26(33)37-18-25(32)29-21-7-5-4-6-20(21)27/h4-9,17H,2-3,10-16,18H2,1H3,(H,29,32). The zero-order valence-electron chi connectivity index (χ0n) is 21.2. The predicted octanol–water partition coefficient (Wildman–Crippen LogP) is 3.63. The lowest BCUT2D eigenvalue weighted by atomic mass is 10.2. The summed E-state index contributed by atoms with van der Waals surface area (Å²) in [5.41, 5.74) is 1.80. The molecule has 10 nitrogen and oxygen atoms in total. The number of unbranched alkanes of at least 4 members (excludes halogenated alkanes) is 1. The Balaban J connectivity index is 1.43. The third kappa shape index (κ3) is 6.71. The average Bonchev–Trinajstić information content (AvgIpc) is 3.27. The van der Waals surface area contributed by atoms with E-state index in [0.717, 1.165) is 18.4 Å². The highest BCUT2D eigenvalue weighted by Gasteiger charge is 2.27. The molecule has 1 aliphatic heterocycles. The van der Waals surface area contributed by atoms with Crippen LogP contribution in [0.1, 0.15) is 32.0 Å². The number of para-hydroxylation sites is 1. The largest absolute Gasteiger partial charge is 0.456 e. The Morgan fingerprint density at radius 2 is 1.92 bits per heavy atom. The highest BCUT2D eigenvalue weighted by atomic mass is 35.5. The average molecular weight is 563 g/mol. The number of morpholine rings is 1. The molecule has 1 fully saturated rings. The molecule has 1 aromatic heterocycles. The van der Waals surface area contributed by atoms with Crippen LogP contribution in [0.25, 0.3) is 11.0 Å². The topological polar surface area (TPSA) is 120 Å². The van der Waals surface area contributed by atoms with E-state index in [1.54, 1.807) is 42.5 Å². The molecule has 12 heteroatoms. The van der Waals surface area contributed by atoms with E-state index >= 15 is 0 Å². The van der Waals surface area contributed by atoms with Gasteiger partial charge in [0.05, 0.1) is 46.3 Å². The molecule has 2 heterocycles. The number of aromatic nitrogens is 2. The van der Waals surface area contributed by atoms with Gasteiger partial charge in [0.15, 0.2) is 6.61 Å². The molecule has 1 N–H and O–H groups in total. The number of aryl methyl sites for hydroxylation is 2. The van der Waals surface area contributed by atoms with Crippen LogP contribution < -0.4 is 5.32 Å². The molecule has 0 bridgehead atoms. The molecule has 0 spiro atoms. The molecule has 0 saturated carbocycles. The van der Waals surface area contributed by atoms with Crippen molar-refractivity contribution >= 4 is 50.2 Å². The second kappa shape index (κ2) is 12.7. The van der Waals surface area contributed by atoms with Crippen LogP contribution in [0, 0.1) is 0 Å². The number of nitrogens with zero attached hydrogens (tertiary/aromatic N) is 3. The second-order valence-electron chi connectivity index (χ2n) is 8.89. The zero-order chi connectivity index (χ0) is 27.1. The number of nitrogens with one attached hydrogen (secondary N) is 1. The number of sulfonamides is 1. The quantitative estimate of drug-likeness (QED) is 0.354. The normalized spacial score (nSPS) is 14.5. The maximum absolute atomic E-state index is 13.1. The van der Waals surface area contributed by atoms with E-state index in [1.807, 2.05) is 4.57 Å². The smallest absolute Gasteiger partial charge is 0.306 e. The van der Waals surface area contributed by atoms with E-state index in [4.69, 9.17) is 21.1 Å². The van der Waals surface area contributed by atoms with Crippen molar-refractivity contribution in [1.29, 1.82) is 0 Å². The molecule has 3 aromatic rings. The molecule has 0 radical (unpaired) electrons. The molecule has 1 aliphatic rings. The number of hydrogen-bond donors (Lipinski definition) is 1. The fourth-order valence-electron chi connectivity index (χ4n) is 4.19. The van der Waals surface area contributed by atoms with Crippen LogP contribution in [0.5, 0.6) is 0 Å². The van der Waals surface area contributed by atoms with Crippen LogP contribution in [0.2, 0.25) is 5.02 Å². The maximum Gasteiger partial charge on any atom is 0.306 e. The predicted molar refractivity (Wildman–Crippen MR) is 144 cm³/mol. The van der Waals surface area contributed by atoms with Gasteiger partial charge in [-0.25, -0.2) is 13.4 Å². The fraction of sp³-hybridized carbons (Fsp3) is 0.423. The van der Waals surface area contributed by atoms with E-state index in [0.29, 0.717) is 54.9 Å². The molecular weight excluding hydrogens is 532 g/mol. The Hall–Kier alpha value is -2.99. The first kappa shape index (κ1) is 28.0. The number of halogens is 1. The molecule has 0 unspecified atom stereocenters. The van der Waals surface area contributed by atoms with Crippen molar-refractivity contribution in [3.63, 3.8) is 0 Å². The summed E-state index contributed by atoms with van der Waals surface area (Å²) in [7, 11) is -3.66. The van der Waals surface area contributed by atoms with Crippen LogP contribution in [0.4, 0.5) is 5.69 Å². The number of ether oxygens (including phenoxy) is 2. The number of fused-ring (bicyclic) bond motifs is 1. The minimum Gasteiger partial charge on any atom is -0.456 e. The number of imidazole rings is 1. The highest BCUT2D eigenvalue weighted by molar-refractivity contribution is 7.89. The first-order chi connectivity index (χ1) is 18.3. The van der Waals surface area contributed by atoms with Crippen LogP contribution in [0.3, 0.4) is 0 Å². The summed E-state index contributed by atoms with van der Waals surface area (Å²) in [6.07, 6.45) is 2.17. The summed E-state index contributed by atoms with van der Waals surface area (Å²) >= 11 is 6.03. The lowest BCUT2D eigenvalue weighted by Crippen LogP contribution is -2.40. The number of esters is 1. The van der Waals surface area contributed by atoms with E-state index in [-0.39, 0.29) is 17.7 Å². The number of carbonyl (C=O) groups is 2. The van der Waals surface area contributed by atoms with Gasteiger partial charge in [0.25, 0.3) is 5.91 Å². The van der Waals surface area contributed by atoms with Gasteiger partial charge in [0.2, 0.25) is 10.0 Å². The molecule has 204 valence electrons. The molecule has 4 rings (SSSR count).